The van der Waals surface area contributed by atoms with Crippen LogP contribution in [0.5, 0.6) is 5.75 Å². The summed E-state index contributed by atoms with van der Waals surface area (Å²) in [5.74, 6) is 1.02. The van der Waals surface area contributed by atoms with Gasteiger partial charge in [-0.25, -0.2) is 4.99 Å². The van der Waals surface area contributed by atoms with Crippen LogP contribution < -0.4 is 15.4 Å². The van der Waals surface area contributed by atoms with Crippen LogP contribution in [0.3, 0.4) is 0 Å². The molecule has 1 unspecified atom stereocenters. The fourth-order valence-electron chi connectivity index (χ4n) is 2.12. The number of aromatic nitrogens is 1. The molecule has 1 atom stereocenters. The number of non-ortho nitro benzene ring substituents is 1. The van der Waals surface area contributed by atoms with Gasteiger partial charge in [0.25, 0.3) is 5.69 Å². The van der Waals surface area contributed by atoms with Crippen LogP contribution in [0.4, 0.5) is 5.69 Å². The molecule has 3 N–H and O–H groups in total. The first-order chi connectivity index (χ1) is 13.1. The van der Waals surface area contributed by atoms with Gasteiger partial charge in [0.05, 0.1) is 17.2 Å². The molecule has 1 aromatic carbocycles. The van der Waals surface area contributed by atoms with E-state index < -0.39 is 11.0 Å². The number of nitrogens with zero attached hydrogens (tertiary/aromatic N) is 3. The first-order valence-electron chi connectivity index (χ1n) is 8.56. The molecule has 0 fully saturated rings. The molecule has 0 saturated heterocycles. The summed E-state index contributed by atoms with van der Waals surface area (Å²) in [7, 11) is 0. The highest BCUT2D eigenvalue weighted by Crippen LogP contribution is 2.17. The molecule has 2 aromatic rings. The fraction of sp³-hybridized carbons (Fsp3) is 0.333. The number of pyridine rings is 1. The molecule has 0 radical (unpaired) electrons. The highest BCUT2D eigenvalue weighted by atomic mass is 127. The standard InChI is InChI=1S/C18H23N5O4.HI/c1-2-19-18(21-11-14-5-3-4-10-20-14)22-12-16(24)13-27-17-8-6-15(7-9-17)23(25)26;/h3-10,16,24H,2,11-13H2,1H3,(H2,19,21,22);1H. The molecule has 9 nitrogen and oxygen atoms in total. The number of rotatable bonds is 9. The van der Waals surface area contributed by atoms with Gasteiger partial charge in [-0.2, -0.15) is 0 Å². The number of aliphatic hydroxyl groups excluding tert-OH is 1. The Bertz CT molecular complexity index is 743. The lowest BCUT2D eigenvalue weighted by atomic mass is 10.3. The van der Waals surface area contributed by atoms with Crippen LogP contribution in [-0.4, -0.2) is 46.8 Å². The maximum absolute atomic E-state index is 10.6. The normalized spacial score (nSPS) is 11.9. The molecule has 152 valence electrons. The largest absolute Gasteiger partial charge is 0.491 e. The highest BCUT2D eigenvalue weighted by Gasteiger charge is 2.09. The summed E-state index contributed by atoms with van der Waals surface area (Å²) in [6.45, 7) is 3.34. The second-order valence-corrected chi connectivity index (χ2v) is 5.61. The van der Waals surface area contributed by atoms with Gasteiger partial charge in [0.2, 0.25) is 0 Å². The zero-order chi connectivity index (χ0) is 19.5. The predicted octanol–water partition coefficient (Wildman–Crippen LogP) is 2.10. The van der Waals surface area contributed by atoms with Gasteiger partial charge in [-0.3, -0.25) is 15.1 Å². The number of nitro groups is 1. The molecule has 0 aliphatic heterocycles. The number of guanidine groups is 1. The Kier molecular flexibility index (Phi) is 10.8. The molecule has 0 saturated carbocycles. The van der Waals surface area contributed by atoms with E-state index in [0.717, 1.165) is 5.69 Å². The minimum Gasteiger partial charge on any atom is -0.491 e. The van der Waals surface area contributed by atoms with Crippen LogP contribution >= 0.6 is 24.0 Å². The second kappa shape index (κ2) is 12.8. The van der Waals surface area contributed by atoms with Crippen LogP contribution in [0.2, 0.25) is 0 Å². The minimum atomic E-state index is -0.779. The van der Waals surface area contributed by atoms with Crippen molar-refractivity contribution in [2.75, 3.05) is 19.7 Å². The third-order valence-corrected chi connectivity index (χ3v) is 3.46. The summed E-state index contributed by atoms with van der Waals surface area (Å²) in [5, 5.41) is 26.8. The van der Waals surface area contributed by atoms with Gasteiger partial charge in [0.1, 0.15) is 18.5 Å². The molecule has 1 aromatic heterocycles. The van der Waals surface area contributed by atoms with Crippen molar-refractivity contribution in [3.8, 4) is 5.75 Å². The van der Waals surface area contributed by atoms with E-state index in [1.54, 1.807) is 6.20 Å². The van der Waals surface area contributed by atoms with E-state index in [-0.39, 0.29) is 42.8 Å². The third kappa shape index (κ3) is 8.48. The Balaban J connectivity index is 0.00000392. The average molecular weight is 501 g/mol. The van der Waals surface area contributed by atoms with Crippen molar-refractivity contribution in [1.82, 2.24) is 15.6 Å². The van der Waals surface area contributed by atoms with E-state index in [9.17, 15) is 15.2 Å². The summed E-state index contributed by atoms with van der Waals surface area (Å²) in [4.78, 5) is 18.8. The first-order valence-corrected chi connectivity index (χ1v) is 8.56. The summed E-state index contributed by atoms with van der Waals surface area (Å²) in [5.41, 5.74) is 0.834. The molecule has 1 heterocycles. The van der Waals surface area contributed by atoms with Gasteiger partial charge in [0, 0.05) is 31.4 Å². The molecular formula is C18H24IN5O4. The lowest BCUT2D eigenvalue weighted by Gasteiger charge is -2.16. The van der Waals surface area contributed by atoms with Crippen molar-refractivity contribution in [1.29, 1.82) is 0 Å². The van der Waals surface area contributed by atoms with Crippen molar-refractivity contribution in [2.45, 2.75) is 19.6 Å². The Labute approximate surface area is 180 Å². The maximum Gasteiger partial charge on any atom is 0.269 e. The van der Waals surface area contributed by atoms with Crippen LogP contribution in [0.15, 0.2) is 53.7 Å². The Hall–Kier alpha value is -2.47. The second-order valence-electron chi connectivity index (χ2n) is 5.61. The van der Waals surface area contributed by atoms with Crippen molar-refractivity contribution in [3.63, 3.8) is 0 Å². The summed E-state index contributed by atoms with van der Waals surface area (Å²) < 4.78 is 5.44. The van der Waals surface area contributed by atoms with E-state index in [4.69, 9.17) is 4.74 Å². The molecule has 28 heavy (non-hydrogen) atoms. The van der Waals surface area contributed by atoms with Crippen LogP contribution in [-0.2, 0) is 6.54 Å². The maximum atomic E-state index is 10.6. The van der Waals surface area contributed by atoms with Crippen molar-refractivity contribution in [2.24, 2.45) is 4.99 Å². The van der Waals surface area contributed by atoms with E-state index >= 15 is 0 Å². The van der Waals surface area contributed by atoms with Crippen molar-refractivity contribution in [3.05, 3.63) is 64.5 Å². The zero-order valence-corrected chi connectivity index (χ0v) is 17.8. The topological polar surface area (TPSA) is 122 Å². The lowest BCUT2D eigenvalue weighted by Crippen LogP contribution is -2.42. The first kappa shape index (κ1) is 23.6. The SMILES string of the molecule is CCNC(=NCc1ccccn1)NCC(O)COc1ccc([N+](=O)[O-])cc1.I. The number of aliphatic hydroxyl groups is 1. The Morgan fingerprint density at radius 2 is 2.04 bits per heavy atom. The van der Waals surface area contributed by atoms with Gasteiger partial charge in [-0.15, -0.1) is 24.0 Å². The summed E-state index contributed by atoms with van der Waals surface area (Å²) in [6, 6.07) is 11.3. The summed E-state index contributed by atoms with van der Waals surface area (Å²) in [6.07, 6.45) is 0.934. The number of hydrogen-bond acceptors (Lipinski definition) is 6. The van der Waals surface area contributed by atoms with Crippen LogP contribution in [0, 0.1) is 10.1 Å². The fourth-order valence-corrected chi connectivity index (χ4v) is 2.12. The molecule has 0 aliphatic rings. The van der Waals surface area contributed by atoms with Gasteiger partial charge in [-0.1, -0.05) is 6.07 Å². The zero-order valence-electron chi connectivity index (χ0n) is 15.4. The molecular weight excluding hydrogens is 477 g/mol. The molecule has 0 bridgehead atoms. The number of nitro benzene ring substituents is 1. The number of ether oxygens (including phenoxy) is 1. The van der Waals surface area contributed by atoms with E-state index in [1.807, 2.05) is 25.1 Å². The van der Waals surface area contributed by atoms with E-state index in [2.05, 4.69) is 20.6 Å². The van der Waals surface area contributed by atoms with Crippen LogP contribution in [0.1, 0.15) is 12.6 Å². The third-order valence-electron chi connectivity index (χ3n) is 3.46. The van der Waals surface area contributed by atoms with Gasteiger partial charge in [0.15, 0.2) is 5.96 Å². The van der Waals surface area contributed by atoms with Crippen molar-refractivity contribution < 1.29 is 14.8 Å². The lowest BCUT2D eigenvalue weighted by molar-refractivity contribution is -0.384. The van der Waals surface area contributed by atoms with Gasteiger partial charge in [-0.05, 0) is 31.2 Å². The predicted molar refractivity (Wildman–Crippen MR) is 117 cm³/mol. The van der Waals surface area contributed by atoms with Crippen LogP contribution in [0.25, 0.3) is 0 Å². The smallest absolute Gasteiger partial charge is 0.269 e. The summed E-state index contributed by atoms with van der Waals surface area (Å²) >= 11 is 0. The Morgan fingerprint density at radius 3 is 2.64 bits per heavy atom. The molecule has 0 amide bonds. The quantitative estimate of drug-likeness (QED) is 0.158. The van der Waals surface area contributed by atoms with Gasteiger partial charge < -0.3 is 20.5 Å². The molecule has 0 aliphatic carbocycles. The van der Waals surface area contributed by atoms with E-state index in [0.29, 0.717) is 24.8 Å². The highest BCUT2D eigenvalue weighted by molar-refractivity contribution is 14.0. The van der Waals surface area contributed by atoms with E-state index in [1.165, 1.54) is 24.3 Å². The monoisotopic (exact) mass is 501 g/mol. The molecule has 2 rings (SSSR count). The number of benzene rings is 1. The molecule has 10 heteroatoms. The van der Waals surface area contributed by atoms with Crippen molar-refractivity contribution >= 4 is 35.6 Å². The minimum absolute atomic E-state index is 0. The number of halogens is 1. The number of aliphatic imine (C=N–C) groups is 1. The molecule has 0 spiro atoms. The number of hydrogen-bond donors (Lipinski definition) is 3. The number of nitrogens with one attached hydrogen (secondary N) is 2. The Morgan fingerprint density at radius 1 is 1.29 bits per heavy atom. The average Bonchev–Trinajstić information content (AvgIpc) is 2.69. The van der Waals surface area contributed by atoms with Gasteiger partial charge >= 0.3 is 0 Å².